The van der Waals surface area contributed by atoms with Crippen molar-refractivity contribution in [3.05, 3.63) is 90.5 Å². The molecule has 0 fully saturated rings. The third kappa shape index (κ3) is 5.25. The number of carboxylic acid groups (broad SMARTS) is 1. The number of carboxylic acids is 1. The fourth-order valence-electron chi connectivity index (χ4n) is 2.93. The molecule has 0 spiro atoms. The molecule has 1 unspecified atom stereocenters. The van der Waals surface area contributed by atoms with Crippen LogP contribution in [-0.2, 0) is 16.1 Å². The molecule has 3 aromatic rings. The molecule has 1 atom stereocenters. The molecule has 0 radical (unpaired) electrons. The van der Waals surface area contributed by atoms with Gasteiger partial charge in [0.05, 0.1) is 11.0 Å². The van der Waals surface area contributed by atoms with Crippen LogP contribution in [0.4, 0.5) is 13.2 Å². The average Bonchev–Trinajstić information content (AvgIpc) is 3.16. The molecule has 0 amide bonds. The SMILES string of the molecule is C=C(/C=C\C(=C)C(F)(F)F)OCc1nc2ccc(-c3ccccc3C(O)C(=O)O)cc2[nH]1. The van der Waals surface area contributed by atoms with E-state index in [1.807, 2.05) is 0 Å². The Morgan fingerprint density at radius 3 is 2.59 bits per heavy atom. The lowest BCUT2D eigenvalue weighted by Crippen LogP contribution is -2.11. The minimum atomic E-state index is -4.52. The molecule has 0 bridgehead atoms. The molecule has 1 aromatic heterocycles. The Bertz CT molecular complexity index is 1210. The topological polar surface area (TPSA) is 95.4 Å². The summed E-state index contributed by atoms with van der Waals surface area (Å²) in [6, 6.07) is 11.8. The van der Waals surface area contributed by atoms with Gasteiger partial charge in [0.25, 0.3) is 0 Å². The van der Waals surface area contributed by atoms with Gasteiger partial charge in [0, 0.05) is 5.57 Å². The fraction of sp³-hybridized carbons (Fsp3) is 0.130. The van der Waals surface area contributed by atoms with E-state index in [0.29, 0.717) is 28.0 Å². The number of hydrogen-bond acceptors (Lipinski definition) is 4. The number of aliphatic carboxylic acids is 1. The zero-order valence-electron chi connectivity index (χ0n) is 16.7. The Balaban J connectivity index is 1.77. The van der Waals surface area contributed by atoms with Crippen LogP contribution >= 0.6 is 0 Å². The highest BCUT2D eigenvalue weighted by Crippen LogP contribution is 2.30. The summed E-state index contributed by atoms with van der Waals surface area (Å²) >= 11 is 0. The van der Waals surface area contributed by atoms with Crippen LogP contribution in [0.25, 0.3) is 22.2 Å². The van der Waals surface area contributed by atoms with E-state index in [2.05, 4.69) is 23.1 Å². The molecule has 1 heterocycles. The van der Waals surface area contributed by atoms with Crippen molar-refractivity contribution in [1.29, 1.82) is 0 Å². The highest BCUT2D eigenvalue weighted by molar-refractivity contribution is 5.85. The van der Waals surface area contributed by atoms with E-state index in [4.69, 9.17) is 9.84 Å². The normalized spacial score (nSPS) is 12.8. The van der Waals surface area contributed by atoms with Gasteiger partial charge >= 0.3 is 12.1 Å². The second kappa shape index (κ2) is 9.11. The number of nitrogens with zero attached hydrogens (tertiary/aromatic N) is 1. The molecule has 0 saturated heterocycles. The van der Waals surface area contributed by atoms with E-state index in [9.17, 15) is 23.1 Å². The van der Waals surface area contributed by atoms with Gasteiger partial charge in [-0.3, -0.25) is 0 Å². The van der Waals surface area contributed by atoms with E-state index in [1.165, 1.54) is 6.07 Å². The number of H-pyrrole nitrogens is 1. The van der Waals surface area contributed by atoms with Crippen LogP contribution in [0, 0.1) is 0 Å². The van der Waals surface area contributed by atoms with Gasteiger partial charge in [-0.2, -0.15) is 13.2 Å². The first-order valence-corrected chi connectivity index (χ1v) is 9.31. The first kappa shape index (κ1) is 22.8. The van der Waals surface area contributed by atoms with Crippen LogP contribution in [-0.4, -0.2) is 32.3 Å². The van der Waals surface area contributed by atoms with Gasteiger partial charge in [-0.1, -0.05) is 43.5 Å². The van der Waals surface area contributed by atoms with Gasteiger partial charge in [0.2, 0.25) is 0 Å². The third-order valence-corrected chi connectivity index (χ3v) is 4.56. The van der Waals surface area contributed by atoms with E-state index in [1.54, 1.807) is 36.4 Å². The van der Waals surface area contributed by atoms with Crippen molar-refractivity contribution in [3.8, 4) is 11.1 Å². The number of aromatic amines is 1. The van der Waals surface area contributed by atoms with Crippen LogP contribution in [0.2, 0.25) is 0 Å². The molecular formula is C23H19F3N2O4. The first-order valence-electron chi connectivity index (χ1n) is 9.31. The van der Waals surface area contributed by atoms with E-state index < -0.39 is 23.8 Å². The monoisotopic (exact) mass is 444 g/mol. The molecule has 0 aliphatic carbocycles. The molecule has 6 nitrogen and oxygen atoms in total. The summed E-state index contributed by atoms with van der Waals surface area (Å²) in [5.41, 5.74) is 1.70. The van der Waals surface area contributed by atoms with Gasteiger partial charge in [0.1, 0.15) is 18.2 Å². The summed E-state index contributed by atoms with van der Waals surface area (Å²) in [7, 11) is 0. The van der Waals surface area contributed by atoms with Crippen molar-refractivity contribution >= 4 is 17.0 Å². The lowest BCUT2D eigenvalue weighted by atomic mass is 9.96. The number of aliphatic hydroxyl groups excluding tert-OH is 1. The number of carbonyl (C=O) groups is 1. The summed E-state index contributed by atoms with van der Waals surface area (Å²) in [4.78, 5) is 18.6. The smallest absolute Gasteiger partial charge is 0.415 e. The zero-order chi connectivity index (χ0) is 23.5. The van der Waals surface area contributed by atoms with Crippen molar-refractivity contribution in [2.75, 3.05) is 0 Å². The predicted molar refractivity (Wildman–Crippen MR) is 112 cm³/mol. The van der Waals surface area contributed by atoms with Crippen molar-refractivity contribution in [1.82, 2.24) is 9.97 Å². The Hall–Kier alpha value is -3.85. The van der Waals surface area contributed by atoms with E-state index >= 15 is 0 Å². The number of benzene rings is 2. The van der Waals surface area contributed by atoms with Crippen LogP contribution in [0.3, 0.4) is 0 Å². The number of halogens is 3. The lowest BCUT2D eigenvalue weighted by molar-refractivity contribution is -0.146. The number of rotatable bonds is 8. The van der Waals surface area contributed by atoms with Crippen LogP contribution in [0.15, 0.2) is 79.1 Å². The number of alkyl halides is 3. The Labute approximate surface area is 181 Å². The van der Waals surface area contributed by atoms with E-state index in [0.717, 1.165) is 12.2 Å². The second-order valence-corrected chi connectivity index (χ2v) is 6.85. The average molecular weight is 444 g/mol. The summed E-state index contributed by atoms with van der Waals surface area (Å²) in [6.07, 6.45) is -4.34. The lowest BCUT2D eigenvalue weighted by Gasteiger charge is -2.12. The fourth-order valence-corrected chi connectivity index (χ4v) is 2.93. The van der Waals surface area contributed by atoms with Crippen LogP contribution in [0.1, 0.15) is 17.5 Å². The van der Waals surface area contributed by atoms with Crippen molar-refractivity contribution in [2.45, 2.75) is 18.9 Å². The second-order valence-electron chi connectivity index (χ2n) is 6.85. The summed E-state index contributed by atoms with van der Waals surface area (Å²) in [6.45, 7) is 6.42. The molecule has 9 heteroatoms. The van der Waals surface area contributed by atoms with Gasteiger partial charge in [0.15, 0.2) is 6.10 Å². The zero-order valence-corrected chi connectivity index (χ0v) is 16.7. The Kier molecular flexibility index (Phi) is 6.50. The number of fused-ring (bicyclic) bond motifs is 1. The van der Waals surface area contributed by atoms with Gasteiger partial charge in [-0.05, 0) is 41.0 Å². The maximum atomic E-state index is 12.5. The highest BCUT2D eigenvalue weighted by atomic mass is 19.4. The maximum absolute atomic E-state index is 12.5. The van der Waals surface area contributed by atoms with E-state index in [-0.39, 0.29) is 17.9 Å². The Morgan fingerprint density at radius 1 is 1.19 bits per heavy atom. The number of allylic oxidation sites excluding steroid dienone is 3. The quantitative estimate of drug-likeness (QED) is 0.334. The predicted octanol–water partition coefficient (Wildman–Crippen LogP) is 5.05. The molecule has 0 aliphatic heterocycles. The van der Waals surface area contributed by atoms with Gasteiger partial charge in [-0.15, -0.1) is 0 Å². The summed E-state index contributed by atoms with van der Waals surface area (Å²) in [5, 5.41) is 19.1. The number of ether oxygens (including phenoxy) is 1. The minimum Gasteiger partial charge on any atom is -0.486 e. The number of aliphatic hydroxyl groups is 1. The number of aromatic nitrogens is 2. The van der Waals surface area contributed by atoms with Crippen molar-refractivity contribution in [2.24, 2.45) is 0 Å². The summed E-state index contributed by atoms with van der Waals surface area (Å²) < 4.78 is 42.7. The highest BCUT2D eigenvalue weighted by Gasteiger charge is 2.29. The molecule has 32 heavy (non-hydrogen) atoms. The molecular weight excluding hydrogens is 425 g/mol. The molecule has 0 saturated carbocycles. The standard InChI is InChI=1S/C23H19F3N2O4/c1-13(23(24,25)26)7-8-14(2)32-12-20-27-18-10-9-15(11-19(18)28-20)16-5-3-4-6-17(16)21(29)22(30)31/h3-11,21,29H,1-2,12H2,(H,27,28)(H,30,31)/b8-7-. The Morgan fingerprint density at radius 2 is 1.91 bits per heavy atom. The third-order valence-electron chi connectivity index (χ3n) is 4.56. The van der Waals surface area contributed by atoms with Crippen LogP contribution < -0.4 is 0 Å². The number of imidazole rings is 1. The summed E-state index contributed by atoms with van der Waals surface area (Å²) in [5.74, 6) is -0.930. The number of nitrogens with one attached hydrogen (secondary N) is 1. The molecule has 2 aromatic carbocycles. The molecule has 3 N–H and O–H groups in total. The maximum Gasteiger partial charge on any atom is 0.415 e. The van der Waals surface area contributed by atoms with Crippen molar-refractivity contribution in [3.63, 3.8) is 0 Å². The van der Waals surface area contributed by atoms with Gasteiger partial charge < -0.3 is 19.9 Å². The minimum absolute atomic E-state index is 0.00753. The first-order chi connectivity index (χ1) is 15.1. The molecule has 3 rings (SSSR count). The number of hydrogen-bond donors (Lipinski definition) is 3. The van der Waals surface area contributed by atoms with Gasteiger partial charge in [-0.25, -0.2) is 9.78 Å². The largest absolute Gasteiger partial charge is 0.486 e. The molecule has 0 aliphatic rings. The van der Waals surface area contributed by atoms with Crippen molar-refractivity contribution < 1.29 is 32.9 Å². The van der Waals surface area contributed by atoms with Crippen LogP contribution in [0.5, 0.6) is 0 Å². The molecule has 166 valence electrons.